The molecule has 0 saturated heterocycles. The number of rotatable bonds is 6. The Morgan fingerprint density at radius 1 is 1.60 bits per heavy atom. The molecule has 0 bridgehead atoms. The lowest BCUT2D eigenvalue weighted by molar-refractivity contribution is 0.112. The molecule has 0 radical (unpaired) electrons. The summed E-state index contributed by atoms with van der Waals surface area (Å²) in [5, 5.41) is 1.93. The summed E-state index contributed by atoms with van der Waals surface area (Å²) >= 11 is 1.42. The van der Waals surface area contributed by atoms with Crippen molar-refractivity contribution in [2.24, 2.45) is 15.9 Å². The Morgan fingerprint density at radius 2 is 2.35 bits per heavy atom. The second-order valence-electron chi connectivity index (χ2n) is 5.03. The van der Waals surface area contributed by atoms with Gasteiger partial charge in [0.05, 0.1) is 16.6 Å². The van der Waals surface area contributed by atoms with Gasteiger partial charge in [-0.05, 0) is 37.8 Å². The number of hydrogen-bond acceptors (Lipinski definition) is 3. The van der Waals surface area contributed by atoms with Crippen LogP contribution in [-0.2, 0) is 0 Å². The molecule has 0 spiro atoms. The molecule has 0 amide bonds. The van der Waals surface area contributed by atoms with Crippen molar-refractivity contribution >= 4 is 29.2 Å². The highest BCUT2D eigenvalue weighted by atomic mass is 32.1. The van der Waals surface area contributed by atoms with Gasteiger partial charge in [-0.1, -0.05) is 13.5 Å². The number of carbonyl (C=O) groups excluding carboxylic acids is 1. The topological polar surface area (TPSA) is 41.8 Å². The number of nitrogens with zero attached hydrogens (tertiary/aromatic N) is 2. The maximum absolute atomic E-state index is 10.8. The van der Waals surface area contributed by atoms with Crippen molar-refractivity contribution in [2.45, 2.75) is 39.2 Å². The van der Waals surface area contributed by atoms with Crippen LogP contribution in [0.2, 0.25) is 0 Å². The Balaban J connectivity index is 2.22. The van der Waals surface area contributed by atoms with E-state index in [-0.39, 0.29) is 0 Å². The maximum atomic E-state index is 10.8. The van der Waals surface area contributed by atoms with Crippen molar-refractivity contribution in [2.75, 3.05) is 0 Å². The van der Waals surface area contributed by atoms with Crippen LogP contribution in [0.1, 0.15) is 48.3 Å². The van der Waals surface area contributed by atoms with Gasteiger partial charge in [0.15, 0.2) is 6.29 Å². The molecule has 0 aliphatic heterocycles. The fourth-order valence-corrected chi connectivity index (χ4v) is 2.74. The van der Waals surface area contributed by atoms with Crippen LogP contribution in [-0.4, -0.2) is 23.9 Å². The molecule has 20 heavy (non-hydrogen) atoms. The molecule has 0 N–H and O–H groups in total. The van der Waals surface area contributed by atoms with E-state index in [2.05, 4.69) is 25.4 Å². The van der Waals surface area contributed by atoms with Crippen LogP contribution in [0.5, 0.6) is 0 Å². The monoisotopic (exact) mass is 288 g/mol. The number of thiophene rings is 1. The van der Waals surface area contributed by atoms with Crippen molar-refractivity contribution < 1.29 is 4.79 Å². The van der Waals surface area contributed by atoms with Gasteiger partial charge in [-0.2, -0.15) is 0 Å². The van der Waals surface area contributed by atoms with E-state index in [0.717, 1.165) is 35.7 Å². The molecule has 4 heteroatoms. The average Bonchev–Trinajstić information content (AvgIpc) is 3.21. The first-order valence-corrected chi connectivity index (χ1v) is 7.87. The molecule has 1 atom stereocenters. The lowest BCUT2D eigenvalue weighted by atomic mass is 10.2. The van der Waals surface area contributed by atoms with Crippen molar-refractivity contribution in [3.63, 3.8) is 0 Å². The van der Waals surface area contributed by atoms with E-state index < -0.39 is 0 Å². The predicted molar refractivity (Wildman–Crippen MR) is 86.4 cm³/mol. The van der Waals surface area contributed by atoms with Crippen LogP contribution in [0.4, 0.5) is 0 Å². The predicted octanol–water partition coefficient (Wildman–Crippen LogP) is 4.14. The molecular formula is C16H20N2OS. The summed E-state index contributed by atoms with van der Waals surface area (Å²) in [6.45, 7) is 8.04. The van der Waals surface area contributed by atoms with Gasteiger partial charge in [0, 0.05) is 17.4 Å². The first kappa shape index (κ1) is 14.9. The zero-order valence-corrected chi connectivity index (χ0v) is 12.8. The highest BCUT2D eigenvalue weighted by Crippen LogP contribution is 2.34. The minimum absolute atomic E-state index is 0.354. The van der Waals surface area contributed by atoms with E-state index >= 15 is 0 Å². The van der Waals surface area contributed by atoms with Gasteiger partial charge in [-0.25, -0.2) is 4.99 Å². The van der Waals surface area contributed by atoms with Crippen LogP contribution in [0.25, 0.3) is 0 Å². The standard InChI is InChI=1S/C16H20N2OS/c1-4-15(13-8-14(9-19)20-10-13)18-16(5-2)17-11(3)12-6-7-12/h4,8-12H,1,5-7H2,2-3H3. The minimum atomic E-state index is 0.354. The normalized spacial score (nSPS) is 17.9. The number of carbonyl (C=O) groups is 1. The molecule has 0 aromatic carbocycles. The van der Waals surface area contributed by atoms with Gasteiger partial charge >= 0.3 is 0 Å². The number of amidine groups is 1. The van der Waals surface area contributed by atoms with Crippen LogP contribution in [0.15, 0.2) is 34.1 Å². The quantitative estimate of drug-likeness (QED) is 0.440. The number of allylic oxidation sites excluding steroid dienone is 1. The van der Waals surface area contributed by atoms with Gasteiger partial charge in [0.1, 0.15) is 5.84 Å². The van der Waals surface area contributed by atoms with E-state index in [4.69, 9.17) is 4.99 Å². The average molecular weight is 288 g/mol. The van der Waals surface area contributed by atoms with E-state index in [1.807, 2.05) is 11.4 Å². The molecule has 1 saturated carbocycles. The second-order valence-corrected chi connectivity index (χ2v) is 5.98. The number of aldehydes is 1. The number of hydrogen-bond donors (Lipinski definition) is 0. The Hall–Kier alpha value is -1.55. The van der Waals surface area contributed by atoms with Crippen molar-refractivity contribution in [1.29, 1.82) is 0 Å². The van der Waals surface area contributed by atoms with Gasteiger partial charge in [-0.3, -0.25) is 9.79 Å². The third kappa shape index (κ3) is 3.73. The summed E-state index contributed by atoms with van der Waals surface area (Å²) in [6, 6.07) is 2.20. The van der Waals surface area contributed by atoms with Crippen molar-refractivity contribution in [1.82, 2.24) is 0 Å². The van der Waals surface area contributed by atoms with E-state index in [0.29, 0.717) is 10.9 Å². The Bertz CT molecular complexity index is 553. The van der Waals surface area contributed by atoms with Crippen molar-refractivity contribution in [3.05, 3.63) is 34.5 Å². The number of aliphatic imine (C=N–C) groups is 2. The molecule has 1 aliphatic carbocycles. The van der Waals surface area contributed by atoms with Crippen molar-refractivity contribution in [3.8, 4) is 0 Å². The summed E-state index contributed by atoms with van der Waals surface area (Å²) in [5.74, 6) is 1.60. The van der Waals surface area contributed by atoms with E-state index in [1.54, 1.807) is 6.08 Å². The second kappa shape index (κ2) is 6.75. The molecule has 1 fully saturated rings. The summed E-state index contributed by atoms with van der Waals surface area (Å²) in [7, 11) is 0. The fraction of sp³-hybridized carbons (Fsp3) is 0.438. The summed E-state index contributed by atoms with van der Waals surface area (Å²) in [6.07, 6.45) is 5.96. The first-order valence-electron chi connectivity index (χ1n) is 6.99. The maximum Gasteiger partial charge on any atom is 0.160 e. The first-order chi connectivity index (χ1) is 9.67. The van der Waals surface area contributed by atoms with Crippen LogP contribution >= 0.6 is 11.3 Å². The molecule has 1 aromatic rings. The minimum Gasteiger partial charge on any atom is -0.297 e. The lowest BCUT2D eigenvalue weighted by Crippen LogP contribution is -2.07. The smallest absolute Gasteiger partial charge is 0.160 e. The van der Waals surface area contributed by atoms with E-state index in [1.165, 1.54) is 24.2 Å². The molecule has 1 aromatic heterocycles. The molecule has 106 valence electrons. The highest BCUT2D eigenvalue weighted by molar-refractivity contribution is 7.12. The van der Waals surface area contributed by atoms with E-state index in [9.17, 15) is 4.79 Å². The zero-order valence-electron chi connectivity index (χ0n) is 12.0. The van der Waals surface area contributed by atoms with Gasteiger partial charge in [0.25, 0.3) is 0 Å². The third-order valence-corrected chi connectivity index (χ3v) is 4.31. The molecule has 1 aliphatic rings. The Kier molecular flexibility index (Phi) is 5.01. The largest absolute Gasteiger partial charge is 0.297 e. The van der Waals surface area contributed by atoms with Crippen LogP contribution in [0, 0.1) is 5.92 Å². The summed E-state index contributed by atoms with van der Waals surface area (Å²) in [4.78, 5) is 20.8. The third-order valence-electron chi connectivity index (χ3n) is 3.45. The van der Waals surface area contributed by atoms with Gasteiger partial charge in [0.2, 0.25) is 0 Å². The lowest BCUT2D eigenvalue weighted by Gasteiger charge is -2.06. The van der Waals surface area contributed by atoms with Gasteiger partial charge < -0.3 is 0 Å². The molecule has 2 rings (SSSR count). The highest BCUT2D eigenvalue weighted by Gasteiger charge is 2.27. The fourth-order valence-electron chi connectivity index (χ4n) is 2.03. The molecule has 1 unspecified atom stereocenters. The zero-order chi connectivity index (χ0) is 14.5. The summed E-state index contributed by atoms with van der Waals surface area (Å²) < 4.78 is 0. The molecular weight excluding hydrogens is 268 g/mol. The molecule has 3 nitrogen and oxygen atoms in total. The van der Waals surface area contributed by atoms with Crippen LogP contribution in [0.3, 0.4) is 0 Å². The Labute approximate surface area is 124 Å². The summed E-state index contributed by atoms with van der Waals surface area (Å²) in [5.41, 5.74) is 1.73. The van der Waals surface area contributed by atoms with Gasteiger partial charge in [-0.15, -0.1) is 11.3 Å². The Morgan fingerprint density at radius 3 is 2.85 bits per heavy atom. The SMILES string of the molecule is C=CC(=NC(CC)=NC(C)C1CC1)c1csc(C=O)c1. The molecule has 1 heterocycles. The van der Waals surface area contributed by atoms with Crippen LogP contribution < -0.4 is 0 Å².